The van der Waals surface area contributed by atoms with Crippen LogP contribution in [-0.4, -0.2) is 59.4 Å². The molecule has 6 aromatic rings. The molecule has 0 spiro atoms. The second-order valence-corrected chi connectivity index (χ2v) is 9.88. The number of nitrogens with zero attached hydrogens (tertiary/aromatic N) is 4. The molecular weight excluding hydrogens is 500 g/mol. The van der Waals surface area contributed by atoms with Crippen LogP contribution < -0.4 is 15.2 Å². The number of nitrogen functional groups attached to an aromatic ring is 1. The predicted octanol–water partition coefficient (Wildman–Crippen LogP) is 6.04. The van der Waals surface area contributed by atoms with Gasteiger partial charge in [-0.3, -0.25) is 5.10 Å². The molecule has 0 bridgehead atoms. The molecule has 4 aromatic carbocycles. The summed E-state index contributed by atoms with van der Waals surface area (Å²) in [5.74, 6) is 2.10. The van der Waals surface area contributed by atoms with E-state index in [4.69, 9.17) is 25.2 Å². The zero-order valence-corrected chi connectivity index (χ0v) is 22.7. The Labute approximate surface area is 232 Å². The Bertz CT molecular complexity index is 1810. The van der Waals surface area contributed by atoms with E-state index in [-0.39, 0.29) is 0 Å². The maximum Gasteiger partial charge on any atom is 0.169 e. The molecule has 200 valence electrons. The Balaban J connectivity index is 1.55. The number of hydrogen-bond acceptors (Lipinski definition) is 7. The molecule has 8 nitrogen and oxygen atoms in total. The molecule has 8 heteroatoms. The molecule has 2 aromatic heterocycles. The maximum atomic E-state index is 6.74. The average molecular weight is 531 g/mol. The summed E-state index contributed by atoms with van der Waals surface area (Å²) >= 11 is 0. The summed E-state index contributed by atoms with van der Waals surface area (Å²) in [6.45, 7) is 1.21. The van der Waals surface area contributed by atoms with E-state index in [1.165, 1.54) is 0 Å². The van der Waals surface area contributed by atoms with Gasteiger partial charge >= 0.3 is 0 Å². The number of anilines is 1. The minimum Gasteiger partial charge on any atom is -0.493 e. The van der Waals surface area contributed by atoms with Crippen molar-refractivity contribution >= 4 is 27.6 Å². The van der Waals surface area contributed by atoms with Gasteiger partial charge in [0.1, 0.15) is 12.4 Å². The highest BCUT2D eigenvalue weighted by atomic mass is 16.5. The minimum atomic E-state index is 0.368. The molecule has 0 amide bonds. The molecule has 0 saturated heterocycles. The lowest BCUT2D eigenvalue weighted by Gasteiger charge is -2.20. The molecular formula is C32H30N6O2. The van der Waals surface area contributed by atoms with Crippen LogP contribution in [0.1, 0.15) is 0 Å². The molecule has 0 aliphatic carbocycles. The van der Waals surface area contributed by atoms with E-state index in [0.29, 0.717) is 40.7 Å². The number of hydrogen-bond donors (Lipinski definition) is 2. The van der Waals surface area contributed by atoms with Crippen LogP contribution in [0, 0.1) is 0 Å². The normalized spacial score (nSPS) is 11.4. The second-order valence-electron chi connectivity index (χ2n) is 9.88. The first-order valence-corrected chi connectivity index (χ1v) is 13.1. The summed E-state index contributed by atoms with van der Waals surface area (Å²) in [5.41, 5.74) is 13.1. The third-order valence-electron chi connectivity index (χ3n) is 6.90. The van der Waals surface area contributed by atoms with Crippen LogP contribution in [0.15, 0.2) is 85.1 Å². The number of fused-ring (bicyclic) bond motifs is 2. The first-order valence-electron chi connectivity index (χ1n) is 13.1. The topological polar surface area (TPSA) is 102 Å². The van der Waals surface area contributed by atoms with Crippen molar-refractivity contribution in [2.45, 2.75) is 0 Å². The van der Waals surface area contributed by atoms with Crippen molar-refractivity contribution in [3.63, 3.8) is 0 Å². The van der Waals surface area contributed by atoms with E-state index >= 15 is 0 Å². The summed E-state index contributed by atoms with van der Waals surface area (Å²) < 4.78 is 12.2. The quantitative estimate of drug-likeness (QED) is 0.247. The van der Waals surface area contributed by atoms with Gasteiger partial charge < -0.3 is 20.1 Å². The summed E-state index contributed by atoms with van der Waals surface area (Å²) in [6.07, 6.45) is 1.80. The van der Waals surface area contributed by atoms with Gasteiger partial charge in [0.2, 0.25) is 0 Å². The largest absolute Gasteiger partial charge is 0.493 e. The molecule has 0 atom stereocenters. The number of methoxy groups -OCH3 is 1. The molecule has 0 fully saturated rings. The van der Waals surface area contributed by atoms with Crippen molar-refractivity contribution in [1.29, 1.82) is 0 Å². The van der Waals surface area contributed by atoms with Crippen LogP contribution in [0.4, 0.5) is 5.82 Å². The van der Waals surface area contributed by atoms with E-state index in [9.17, 15) is 0 Å². The van der Waals surface area contributed by atoms with Gasteiger partial charge in [-0.15, -0.1) is 0 Å². The SMILES string of the molecule is COc1cc2nc(-c3cccc(-c4ccccc4)c3)nc(N)c2c(-c2ccc3[nH]ncc3c2)c1OCCN(C)C. The average Bonchev–Trinajstić information content (AvgIpc) is 3.45. The Morgan fingerprint density at radius 2 is 1.65 bits per heavy atom. The lowest BCUT2D eigenvalue weighted by atomic mass is 9.97. The molecule has 3 N–H and O–H groups in total. The fourth-order valence-electron chi connectivity index (χ4n) is 4.88. The molecule has 2 heterocycles. The number of nitrogens with one attached hydrogen (secondary N) is 1. The van der Waals surface area contributed by atoms with Crippen molar-refractivity contribution in [3.05, 3.63) is 85.1 Å². The van der Waals surface area contributed by atoms with Gasteiger partial charge in [-0.1, -0.05) is 54.6 Å². The van der Waals surface area contributed by atoms with Crippen LogP contribution in [0.5, 0.6) is 11.5 Å². The standard InChI is InChI=1S/C32H30N6O2/c1-38(2)14-15-40-30-27(39-3)18-26-29(28(30)22-12-13-25-24(17-22)19-34-37-25)31(33)36-32(35-26)23-11-7-10-21(16-23)20-8-5-4-6-9-20/h4-13,16-19H,14-15H2,1-3H3,(H,34,37)(H2,33,35,36). The molecule has 0 saturated carbocycles. The highest BCUT2D eigenvalue weighted by Gasteiger charge is 2.22. The lowest BCUT2D eigenvalue weighted by Crippen LogP contribution is -2.19. The minimum absolute atomic E-state index is 0.368. The zero-order chi connectivity index (χ0) is 27.6. The molecule has 40 heavy (non-hydrogen) atoms. The molecule has 0 unspecified atom stereocenters. The van der Waals surface area contributed by atoms with Crippen LogP contribution in [0.2, 0.25) is 0 Å². The second kappa shape index (κ2) is 10.7. The zero-order valence-electron chi connectivity index (χ0n) is 22.7. The molecule has 0 aliphatic rings. The Morgan fingerprint density at radius 1 is 0.850 bits per heavy atom. The van der Waals surface area contributed by atoms with Gasteiger partial charge in [0.15, 0.2) is 17.3 Å². The van der Waals surface area contributed by atoms with Crippen molar-refractivity contribution in [2.75, 3.05) is 40.1 Å². The van der Waals surface area contributed by atoms with Gasteiger partial charge in [-0.2, -0.15) is 5.10 Å². The first-order chi connectivity index (χ1) is 19.5. The number of benzene rings is 4. The third-order valence-corrected chi connectivity index (χ3v) is 6.90. The number of ether oxygens (including phenoxy) is 2. The highest BCUT2D eigenvalue weighted by Crippen LogP contribution is 2.46. The smallest absolute Gasteiger partial charge is 0.169 e. The number of nitrogens with two attached hydrogens (primary N) is 1. The Hall–Kier alpha value is -4.95. The predicted molar refractivity (Wildman–Crippen MR) is 161 cm³/mol. The molecule has 6 rings (SSSR count). The number of aromatic amines is 1. The summed E-state index contributed by atoms with van der Waals surface area (Å²) in [4.78, 5) is 11.8. The van der Waals surface area contributed by atoms with Crippen LogP contribution in [0.25, 0.3) is 55.4 Å². The summed E-state index contributed by atoms with van der Waals surface area (Å²) in [6, 6.07) is 26.3. The summed E-state index contributed by atoms with van der Waals surface area (Å²) in [7, 11) is 5.65. The van der Waals surface area contributed by atoms with Crippen molar-refractivity contribution < 1.29 is 9.47 Å². The fraction of sp³-hybridized carbons (Fsp3) is 0.156. The van der Waals surface area contributed by atoms with E-state index < -0.39 is 0 Å². The van der Waals surface area contributed by atoms with Gasteiger partial charge in [0, 0.05) is 29.1 Å². The third kappa shape index (κ3) is 4.81. The van der Waals surface area contributed by atoms with Gasteiger partial charge in [-0.05, 0) is 49.0 Å². The van der Waals surface area contributed by atoms with E-state index in [2.05, 4.69) is 45.4 Å². The highest BCUT2D eigenvalue weighted by molar-refractivity contribution is 6.07. The first kappa shape index (κ1) is 25.3. The fourth-order valence-corrected chi connectivity index (χ4v) is 4.88. The Morgan fingerprint density at radius 3 is 2.45 bits per heavy atom. The van der Waals surface area contributed by atoms with E-state index in [0.717, 1.165) is 45.3 Å². The van der Waals surface area contributed by atoms with Gasteiger partial charge in [0.25, 0.3) is 0 Å². The lowest BCUT2D eigenvalue weighted by molar-refractivity contribution is 0.252. The Kier molecular flexibility index (Phi) is 6.76. The number of rotatable bonds is 8. The van der Waals surface area contributed by atoms with Crippen molar-refractivity contribution in [2.24, 2.45) is 0 Å². The van der Waals surface area contributed by atoms with Crippen molar-refractivity contribution in [1.82, 2.24) is 25.1 Å². The number of aromatic nitrogens is 4. The van der Waals surface area contributed by atoms with Crippen LogP contribution in [0.3, 0.4) is 0 Å². The molecule has 0 aliphatic heterocycles. The van der Waals surface area contributed by atoms with Crippen LogP contribution in [-0.2, 0) is 0 Å². The van der Waals surface area contributed by atoms with Gasteiger partial charge in [0.05, 0.1) is 29.7 Å². The van der Waals surface area contributed by atoms with E-state index in [1.54, 1.807) is 13.3 Å². The number of likely N-dealkylation sites (N-methyl/N-ethyl adjacent to an activating group) is 1. The monoisotopic (exact) mass is 530 g/mol. The summed E-state index contributed by atoms with van der Waals surface area (Å²) in [5, 5.41) is 8.88. The van der Waals surface area contributed by atoms with Crippen LogP contribution >= 0.6 is 0 Å². The van der Waals surface area contributed by atoms with Crippen molar-refractivity contribution in [3.8, 4) is 45.1 Å². The maximum absolute atomic E-state index is 6.74. The molecule has 0 radical (unpaired) electrons. The van der Waals surface area contributed by atoms with E-state index in [1.807, 2.05) is 62.6 Å². The number of H-pyrrole nitrogens is 1. The van der Waals surface area contributed by atoms with Gasteiger partial charge in [-0.25, -0.2) is 9.97 Å².